The van der Waals surface area contributed by atoms with Crippen LogP contribution < -0.4 is 14.2 Å². The Morgan fingerprint density at radius 3 is 2.39 bits per heavy atom. The molecule has 0 amide bonds. The fourth-order valence-corrected chi connectivity index (χ4v) is 3.69. The molecule has 0 aliphatic rings. The van der Waals surface area contributed by atoms with Gasteiger partial charge in [-0.05, 0) is 81.3 Å². The third-order valence-corrected chi connectivity index (χ3v) is 5.83. The van der Waals surface area contributed by atoms with Crippen LogP contribution >= 0.6 is 0 Å². The first kappa shape index (κ1) is 27.1. The largest absolute Gasteiger partial charge is 0.494 e. The maximum Gasteiger partial charge on any atom is 0.163 e. The Bertz CT molecular complexity index is 1230. The summed E-state index contributed by atoms with van der Waals surface area (Å²) in [4.78, 5) is 17.3. The Hall–Kier alpha value is -3.52. The maximum absolute atomic E-state index is 15.8. The highest BCUT2D eigenvalue weighted by Crippen LogP contribution is 2.36. The molecular formula is C28H31F2NO5. The van der Waals surface area contributed by atoms with E-state index in [-0.39, 0.29) is 36.7 Å². The number of ketones is 1. The summed E-state index contributed by atoms with van der Waals surface area (Å²) in [7, 11) is 2.94. The van der Waals surface area contributed by atoms with E-state index < -0.39 is 11.8 Å². The van der Waals surface area contributed by atoms with E-state index in [9.17, 15) is 14.3 Å². The van der Waals surface area contributed by atoms with E-state index in [4.69, 9.17) is 14.2 Å². The zero-order valence-electron chi connectivity index (χ0n) is 21.1. The number of hydrogen-bond acceptors (Lipinski definition) is 6. The van der Waals surface area contributed by atoms with Crippen LogP contribution in [0.4, 0.5) is 8.78 Å². The Morgan fingerprint density at radius 1 is 1.06 bits per heavy atom. The predicted molar refractivity (Wildman–Crippen MR) is 133 cm³/mol. The Morgan fingerprint density at radius 2 is 1.75 bits per heavy atom. The van der Waals surface area contributed by atoms with Gasteiger partial charge in [0.15, 0.2) is 17.3 Å². The molecule has 0 aliphatic heterocycles. The second-order valence-electron chi connectivity index (χ2n) is 8.86. The first-order chi connectivity index (χ1) is 17.1. The third-order valence-electron chi connectivity index (χ3n) is 5.83. The van der Waals surface area contributed by atoms with Crippen LogP contribution in [0.2, 0.25) is 0 Å². The molecule has 0 saturated heterocycles. The summed E-state index contributed by atoms with van der Waals surface area (Å²) < 4.78 is 45.7. The van der Waals surface area contributed by atoms with Crippen molar-refractivity contribution in [3.05, 3.63) is 71.2 Å². The molecular weight excluding hydrogens is 468 g/mol. The van der Waals surface area contributed by atoms with Crippen LogP contribution in [0.25, 0.3) is 11.3 Å². The number of alkyl halides is 1. The predicted octanol–water partition coefficient (Wildman–Crippen LogP) is 5.82. The summed E-state index contributed by atoms with van der Waals surface area (Å²) in [5.74, 6) is 0.572. The number of nitrogens with zero attached hydrogens (tertiary/aromatic N) is 1. The molecule has 0 radical (unpaired) electrons. The molecule has 3 aromatic rings. The topological polar surface area (TPSA) is 77.9 Å². The number of carbonyl (C=O) groups is 1. The molecule has 1 heterocycles. The molecule has 3 rings (SSSR count). The summed E-state index contributed by atoms with van der Waals surface area (Å²) in [5.41, 5.74) is 0.0315. The lowest BCUT2D eigenvalue weighted by molar-refractivity contribution is 0.0929. The Balaban J connectivity index is 1.79. The van der Waals surface area contributed by atoms with Crippen LogP contribution in [-0.4, -0.2) is 42.8 Å². The zero-order valence-corrected chi connectivity index (χ0v) is 21.1. The number of pyridine rings is 1. The number of aryl methyl sites for hydroxylation is 1. The molecule has 6 nitrogen and oxygen atoms in total. The van der Waals surface area contributed by atoms with Crippen molar-refractivity contribution in [2.24, 2.45) is 0 Å². The van der Waals surface area contributed by atoms with Gasteiger partial charge in [0, 0.05) is 17.5 Å². The number of rotatable bonds is 11. The molecule has 1 aromatic heterocycles. The molecule has 2 atom stereocenters. The van der Waals surface area contributed by atoms with Crippen LogP contribution in [0.1, 0.15) is 48.3 Å². The van der Waals surface area contributed by atoms with Crippen molar-refractivity contribution in [2.75, 3.05) is 20.8 Å². The number of hydrogen-bond donors (Lipinski definition) is 1. The lowest BCUT2D eigenvalue weighted by Gasteiger charge is -2.21. The van der Waals surface area contributed by atoms with Crippen molar-refractivity contribution in [1.82, 2.24) is 4.98 Å². The van der Waals surface area contributed by atoms with Crippen LogP contribution in [0.5, 0.6) is 17.2 Å². The van der Waals surface area contributed by atoms with Gasteiger partial charge in [-0.3, -0.25) is 4.79 Å². The molecule has 0 saturated carbocycles. The molecule has 0 aliphatic carbocycles. The van der Waals surface area contributed by atoms with Crippen LogP contribution in [0.3, 0.4) is 0 Å². The monoisotopic (exact) mass is 499 g/mol. The standard InChI is InChI=1S/C28H31F2NO5/c1-17-14-20(6-8-21(17)29)27-24(34-4)10-11-26(31-27)28(3,30)13-12-22(33)19-7-9-23(25(15-19)35-5)36-16-18(2)32/h6-11,14-15,18,32H,12-13,16H2,1-5H3. The Kier molecular flexibility index (Phi) is 8.63. The number of halogens is 2. The SMILES string of the molecule is COc1cc(C(=O)CCC(C)(F)c2ccc(OC)c(-c3ccc(F)c(C)c3)n2)ccc1OCC(C)O. The fourth-order valence-electron chi connectivity index (χ4n) is 3.69. The van der Waals surface area contributed by atoms with Crippen LogP contribution in [0, 0.1) is 12.7 Å². The van der Waals surface area contributed by atoms with Gasteiger partial charge in [-0.15, -0.1) is 0 Å². The number of Topliss-reactive ketones (excluding diaryl/α,β-unsaturated/α-hetero) is 1. The number of aromatic nitrogens is 1. The molecule has 192 valence electrons. The summed E-state index contributed by atoms with van der Waals surface area (Å²) in [6.45, 7) is 4.70. The highest BCUT2D eigenvalue weighted by Gasteiger charge is 2.30. The van der Waals surface area contributed by atoms with Gasteiger partial charge < -0.3 is 19.3 Å². The summed E-state index contributed by atoms with van der Waals surface area (Å²) in [6, 6.07) is 12.4. The van der Waals surface area contributed by atoms with Crippen molar-refractivity contribution >= 4 is 5.78 Å². The van der Waals surface area contributed by atoms with Gasteiger partial charge in [-0.2, -0.15) is 0 Å². The van der Waals surface area contributed by atoms with E-state index in [0.717, 1.165) is 0 Å². The first-order valence-electron chi connectivity index (χ1n) is 11.6. The maximum atomic E-state index is 15.8. The number of methoxy groups -OCH3 is 2. The average Bonchev–Trinajstić information content (AvgIpc) is 2.87. The summed E-state index contributed by atoms with van der Waals surface area (Å²) >= 11 is 0. The minimum absolute atomic E-state index is 0.0667. The van der Waals surface area contributed by atoms with E-state index in [1.807, 2.05) is 0 Å². The number of aliphatic hydroxyl groups excluding tert-OH is 1. The van der Waals surface area contributed by atoms with E-state index in [1.165, 1.54) is 39.3 Å². The molecule has 0 fully saturated rings. The van der Waals surface area contributed by atoms with Gasteiger partial charge in [0.05, 0.1) is 26.0 Å². The minimum Gasteiger partial charge on any atom is -0.494 e. The van der Waals surface area contributed by atoms with Crippen LogP contribution in [-0.2, 0) is 5.67 Å². The van der Waals surface area contributed by atoms with E-state index in [1.54, 1.807) is 44.2 Å². The molecule has 0 bridgehead atoms. The quantitative estimate of drug-likeness (QED) is 0.335. The smallest absolute Gasteiger partial charge is 0.163 e. The van der Waals surface area contributed by atoms with Gasteiger partial charge in [0.2, 0.25) is 0 Å². The number of carbonyl (C=O) groups excluding carboxylic acids is 1. The zero-order chi connectivity index (χ0) is 26.5. The van der Waals surface area contributed by atoms with Gasteiger partial charge >= 0.3 is 0 Å². The van der Waals surface area contributed by atoms with E-state index in [0.29, 0.717) is 39.6 Å². The molecule has 0 spiro atoms. The second kappa shape index (κ2) is 11.5. The molecule has 2 unspecified atom stereocenters. The van der Waals surface area contributed by atoms with Crippen molar-refractivity contribution < 1.29 is 32.9 Å². The van der Waals surface area contributed by atoms with Gasteiger partial charge in [0.1, 0.15) is 29.5 Å². The Labute approximate surface area is 209 Å². The van der Waals surface area contributed by atoms with Crippen molar-refractivity contribution in [3.63, 3.8) is 0 Å². The van der Waals surface area contributed by atoms with Crippen molar-refractivity contribution in [2.45, 2.75) is 45.4 Å². The highest BCUT2D eigenvalue weighted by molar-refractivity contribution is 5.96. The van der Waals surface area contributed by atoms with Crippen molar-refractivity contribution in [3.8, 4) is 28.5 Å². The normalized spacial score (nSPS) is 13.6. The van der Waals surface area contributed by atoms with Crippen LogP contribution in [0.15, 0.2) is 48.5 Å². The van der Waals surface area contributed by atoms with Gasteiger partial charge in [-0.1, -0.05) is 0 Å². The highest BCUT2D eigenvalue weighted by atomic mass is 19.1. The fraction of sp³-hybridized carbons (Fsp3) is 0.357. The van der Waals surface area contributed by atoms with Gasteiger partial charge in [-0.25, -0.2) is 13.8 Å². The van der Waals surface area contributed by atoms with E-state index >= 15 is 4.39 Å². The van der Waals surface area contributed by atoms with Gasteiger partial charge in [0.25, 0.3) is 0 Å². The summed E-state index contributed by atoms with van der Waals surface area (Å²) in [6.07, 6.45) is -0.823. The minimum atomic E-state index is -1.91. The third kappa shape index (κ3) is 6.37. The first-order valence-corrected chi connectivity index (χ1v) is 11.6. The average molecular weight is 500 g/mol. The lowest BCUT2D eigenvalue weighted by atomic mass is 9.93. The molecule has 8 heteroatoms. The summed E-state index contributed by atoms with van der Waals surface area (Å²) in [5, 5.41) is 9.41. The molecule has 36 heavy (non-hydrogen) atoms. The van der Waals surface area contributed by atoms with E-state index in [2.05, 4.69) is 4.98 Å². The molecule has 1 N–H and O–H groups in total. The number of aliphatic hydroxyl groups is 1. The number of ether oxygens (including phenoxy) is 3. The lowest BCUT2D eigenvalue weighted by Crippen LogP contribution is -2.19. The second-order valence-corrected chi connectivity index (χ2v) is 8.86. The number of benzene rings is 2. The molecule has 2 aromatic carbocycles. The van der Waals surface area contributed by atoms with Crippen molar-refractivity contribution in [1.29, 1.82) is 0 Å².